The Balaban J connectivity index is 0.00000180. The van der Waals surface area contributed by atoms with Gasteiger partial charge in [0.1, 0.15) is 0 Å². The second kappa shape index (κ2) is 7.45. The van der Waals surface area contributed by atoms with Gasteiger partial charge in [-0.1, -0.05) is 19.1 Å². The molecule has 0 aromatic carbocycles. The number of hydrogen-bond acceptors (Lipinski definition) is 4. The van der Waals surface area contributed by atoms with Crippen LogP contribution in [0.25, 0.3) is 0 Å². The lowest BCUT2D eigenvalue weighted by molar-refractivity contribution is 0.0944. The van der Waals surface area contributed by atoms with E-state index in [4.69, 9.17) is 0 Å². The number of carbonyl (C=O) groups excluding carboxylic acids is 1. The lowest BCUT2D eigenvalue weighted by Gasteiger charge is -2.22. The predicted octanol–water partition coefficient (Wildman–Crippen LogP) is 1.01. The van der Waals surface area contributed by atoms with Crippen molar-refractivity contribution in [2.75, 3.05) is 19.6 Å². The van der Waals surface area contributed by atoms with Gasteiger partial charge in [0.2, 0.25) is 0 Å². The topological polar surface area (TPSA) is 71.8 Å². The van der Waals surface area contributed by atoms with Crippen LogP contribution in [0.5, 0.6) is 0 Å². The van der Waals surface area contributed by atoms with E-state index in [1.807, 2.05) is 4.68 Å². The normalized spacial score (nSPS) is 16.2. The highest BCUT2D eigenvalue weighted by Crippen LogP contribution is 2.16. The molecule has 0 saturated carbocycles. The van der Waals surface area contributed by atoms with E-state index in [-0.39, 0.29) is 18.3 Å². The number of nitrogens with zero attached hydrogens (tertiary/aromatic N) is 3. The minimum Gasteiger partial charge on any atom is -0.350 e. The molecule has 1 saturated heterocycles. The summed E-state index contributed by atoms with van der Waals surface area (Å²) in [5, 5.41) is 14.2. The first kappa shape index (κ1) is 15.9. The molecule has 2 rings (SSSR count). The Morgan fingerprint density at radius 3 is 2.84 bits per heavy atom. The number of hydrogen-bond donors (Lipinski definition) is 2. The van der Waals surface area contributed by atoms with Gasteiger partial charge in [0, 0.05) is 6.54 Å². The predicted molar refractivity (Wildman–Crippen MR) is 75.6 cm³/mol. The van der Waals surface area contributed by atoms with Crippen LogP contribution < -0.4 is 10.6 Å². The lowest BCUT2D eigenvalue weighted by atomic mass is 10.1. The first-order valence-electron chi connectivity index (χ1n) is 6.57. The monoisotopic (exact) mass is 287 g/mol. The summed E-state index contributed by atoms with van der Waals surface area (Å²) in [6, 6.07) is 0.366. The third-order valence-electron chi connectivity index (χ3n) is 3.10. The molecular weight excluding hydrogens is 266 g/mol. The number of rotatable bonds is 4. The highest BCUT2D eigenvalue weighted by Gasteiger charge is 2.18. The van der Waals surface area contributed by atoms with Crippen LogP contribution in [-0.4, -0.2) is 40.5 Å². The van der Waals surface area contributed by atoms with E-state index in [0.29, 0.717) is 24.2 Å². The molecular formula is C12H22ClN5O. The van der Waals surface area contributed by atoms with Crippen molar-refractivity contribution in [1.82, 2.24) is 25.6 Å². The molecule has 0 spiro atoms. The molecule has 1 aliphatic rings. The zero-order valence-electron chi connectivity index (χ0n) is 11.4. The average molecular weight is 288 g/mol. The molecule has 0 bridgehead atoms. The SMILES string of the molecule is CC(C)CNC(=O)c1cn(C2CCNCC2)nn1.Cl. The van der Waals surface area contributed by atoms with Crippen molar-refractivity contribution in [1.29, 1.82) is 0 Å². The van der Waals surface area contributed by atoms with E-state index in [1.165, 1.54) is 0 Å². The summed E-state index contributed by atoms with van der Waals surface area (Å²) in [5.74, 6) is 0.303. The average Bonchev–Trinajstić information content (AvgIpc) is 2.86. The van der Waals surface area contributed by atoms with Gasteiger partial charge in [-0.15, -0.1) is 17.5 Å². The smallest absolute Gasteiger partial charge is 0.273 e. The van der Waals surface area contributed by atoms with Gasteiger partial charge in [0.25, 0.3) is 5.91 Å². The molecule has 0 radical (unpaired) electrons. The third-order valence-corrected chi connectivity index (χ3v) is 3.10. The second-order valence-electron chi connectivity index (χ2n) is 5.17. The van der Waals surface area contributed by atoms with Crippen molar-refractivity contribution in [3.05, 3.63) is 11.9 Å². The molecule has 7 heteroatoms. The van der Waals surface area contributed by atoms with Gasteiger partial charge in [-0.25, -0.2) is 4.68 Å². The van der Waals surface area contributed by atoms with E-state index in [2.05, 4.69) is 34.8 Å². The Hall–Kier alpha value is -1.14. The van der Waals surface area contributed by atoms with Gasteiger partial charge >= 0.3 is 0 Å². The molecule has 0 unspecified atom stereocenters. The summed E-state index contributed by atoms with van der Waals surface area (Å²) in [5.41, 5.74) is 0.411. The molecule has 0 aliphatic carbocycles. The number of amides is 1. The Labute approximate surface area is 119 Å². The van der Waals surface area contributed by atoms with Gasteiger partial charge in [0.05, 0.1) is 12.2 Å². The van der Waals surface area contributed by atoms with Crippen LogP contribution in [0.15, 0.2) is 6.20 Å². The van der Waals surface area contributed by atoms with Gasteiger partial charge in [0.15, 0.2) is 5.69 Å². The summed E-state index contributed by atoms with van der Waals surface area (Å²) >= 11 is 0. The van der Waals surface area contributed by atoms with Gasteiger partial charge in [-0.2, -0.15) is 0 Å². The number of halogens is 1. The van der Waals surface area contributed by atoms with E-state index in [9.17, 15) is 4.79 Å². The number of piperidine rings is 1. The van der Waals surface area contributed by atoms with Gasteiger partial charge in [-0.05, 0) is 31.8 Å². The summed E-state index contributed by atoms with van der Waals surface area (Å²) in [7, 11) is 0. The number of nitrogens with one attached hydrogen (secondary N) is 2. The summed E-state index contributed by atoms with van der Waals surface area (Å²) in [4.78, 5) is 11.8. The second-order valence-corrected chi connectivity index (χ2v) is 5.17. The van der Waals surface area contributed by atoms with Crippen molar-refractivity contribution in [3.63, 3.8) is 0 Å². The maximum atomic E-state index is 11.8. The zero-order valence-corrected chi connectivity index (χ0v) is 12.2. The van der Waals surface area contributed by atoms with Crippen molar-refractivity contribution >= 4 is 18.3 Å². The van der Waals surface area contributed by atoms with Crippen LogP contribution in [0.3, 0.4) is 0 Å². The fourth-order valence-corrected chi connectivity index (χ4v) is 2.02. The van der Waals surface area contributed by atoms with Gasteiger partial charge < -0.3 is 10.6 Å². The van der Waals surface area contributed by atoms with Gasteiger partial charge in [-0.3, -0.25) is 4.79 Å². The maximum absolute atomic E-state index is 11.8. The lowest BCUT2D eigenvalue weighted by Crippen LogP contribution is -2.29. The molecule has 19 heavy (non-hydrogen) atoms. The number of carbonyl (C=O) groups is 1. The van der Waals surface area contributed by atoms with Crippen molar-refractivity contribution in [3.8, 4) is 0 Å². The van der Waals surface area contributed by atoms with Crippen molar-refractivity contribution < 1.29 is 4.79 Å². The van der Waals surface area contributed by atoms with Crippen molar-refractivity contribution in [2.24, 2.45) is 5.92 Å². The standard InChI is InChI=1S/C12H21N5O.ClH/c1-9(2)7-14-12(18)11-8-17(16-15-11)10-3-5-13-6-4-10;/h8-10,13H,3-7H2,1-2H3,(H,14,18);1H. The quantitative estimate of drug-likeness (QED) is 0.867. The molecule has 108 valence electrons. The molecule has 1 aliphatic heterocycles. The number of aromatic nitrogens is 3. The molecule has 1 aromatic heterocycles. The molecule has 6 nitrogen and oxygen atoms in total. The first-order chi connectivity index (χ1) is 8.66. The van der Waals surface area contributed by atoms with Crippen LogP contribution in [-0.2, 0) is 0 Å². The van der Waals surface area contributed by atoms with Crippen LogP contribution in [0, 0.1) is 5.92 Å². The van der Waals surface area contributed by atoms with E-state index in [1.54, 1.807) is 6.20 Å². The Morgan fingerprint density at radius 2 is 2.21 bits per heavy atom. The first-order valence-corrected chi connectivity index (χ1v) is 6.57. The molecule has 1 amide bonds. The summed E-state index contributed by atoms with van der Waals surface area (Å²) < 4.78 is 1.82. The maximum Gasteiger partial charge on any atom is 0.273 e. The molecule has 2 N–H and O–H groups in total. The fraction of sp³-hybridized carbons (Fsp3) is 0.750. The molecule has 0 atom stereocenters. The minimum absolute atomic E-state index is 0. The Kier molecular flexibility index (Phi) is 6.24. The fourth-order valence-electron chi connectivity index (χ4n) is 2.02. The molecule has 1 fully saturated rings. The van der Waals surface area contributed by atoms with Crippen LogP contribution in [0.4, 0.5) is 0 Å². The van der Waals surface area contributed by atoms with Crippen LogP contribution in [0.2, 0.25) is 0 Å². The summed E-state index contributed by atoms with van der Waals surface area (Å²) in [6.07, 6.45) is 3.83. The largest absolute Gasteiger partial charge is 0.350 e. The van der Waals surface area contributed by atoms with Crippen molar-refractivity contribution in [2.45, 2.75) is 32.7 Å². The Bertz CT molecular complexity index is 401. The van der Waals surface area contributed by atoms with Crippen LogP contribution >= 0.6 is 12.4 Å². The van der Waals surface area contributed by atoms with E-state index < -0.39 is 0 Å². The highest BCUT2D eigenvalue weighted by atomic mass is 35.5. The zero-order chi connectivity index (χ0) is 13.0. The molecule has 1 aromatic rings. The Morgan fingerprint density at radius 1 is 1.53 bits per heavy atom. The molecule has 2 heterocycles. The summed E-state index contributed by atoms with van der Waals surface area (Å²) in [6.45, 7) is 6.79. The van der Waals surface area contributed by atoms with E-state index in [0.717, 1.165) is 25.9 Å². The van der Waals surface area contributed by atoms with E-state index >= 15 is 0 Å². The third kappa shape index (κ3) is 4.47. The van der Waals surface area contributed by atoms with Crippen LogP contribution in [0.1, 0.15) is 43.2 Å². The highest BCUT2D eigenvalue weighted by molar-refractivity contribution is 5.91. The minimum atomic E-state index is -0.135.